The van der Waals surface area contributed by atoms with Crippen LogP contribution in [0.3, 0.4) is 0 Å². The highest BCUT2D eigenvalue weighted by atomic mass is 35.5. The first kappa shape index (κ1) is 10.2. The number of nitrogens with zero attached hydrogens (tertiary/aromatic N) is 3. The van der Waals surface area contributed by atoms with E-state index in [-0.39, 0.29) is 0 Å². The van der Waals surface area contributed by atoms with Crippen molar-refractivity contribution in [3.63, 3.8) is 0 Å². The molecule has 0 atom stereocenters. The van der Waals surface area contributed by atoms with Gasteiger partial charge in [-0.3, -0.25) is 4.68 Å². The van der Waals surface area contributed by atoms with Crippen molar-refractivity contribution >= 4 is 11.6 Å². The number of rotatable bonds is 3. The Kier molecular flexibility index (Phi) is 2.77. The van der Waals surface area contributed by atoms with Gasteiger partial charge in [-0.1, -0.05) is 0 Å². The first-order valence-electron chi connectivity index (χ1n) is 4.79. The van der Waals surface area contributed by atoms with Crippen LogP contribution in [0.5, 0.6) is 0 Å². The van der Waals surface area contributed by atoms with Crippen LogP contribution in [-0.4, -0.2) is 14.8 Å². The Morgan fingerprint density at radius 1 is 1.53 bits per heavy atom. The van der Waals surface area contributed by atoms with Gasteiger partial charge < -0.3 is 4.42 Å². The molecule has 2 rings (SSSR count). The summed E-state index contributed by atoms with van der Waals surface area (Å²) in [5.41, 5.74) is 2.65. The van der Waals surface area contributed by atoms with Gasteiger partial charge >= 0.3 is 0 Å². The molecule has 0 radical (unpaired) electrons. The zero-order chi connectivity index (χ0) is 10.8. The lowest BCUT2D eigenvalue weighted by molar-refractivity contribution is 0.556. The molecule has 0 amide bonds. The molecule has 2 aromatic rings. The van der Waals surface area contributed by atoms with Crippen molar-refractivity contribution in [1.29, 1.82) is 0 Å². The zero-order valence-corrected chi connectivity index (χ0v) is 9.45. The van der Waals surface area contributed by atoms with E-state index in [2.05, 4.69) is 10.1 Å². The lowest BCUT2D eigenvalue weighted by Gasteiger charge is -2.01. The Bertz CT molecular complexity index is 461. The molecule has 80 valence electrons. The van der Waals surface area contributed by atoms with E-state index >= 15 is 0 Å². The molecule has 0 aliphatic rings. The van der Waals surface area contributed by atoms with Crippen molar-refractivity contribution in [2.75, 3.05) is 0 Å². The molecule has 0 N–H and O–H groups in total. The van der Waals surface area contributed by atoms with E-state index in [4.69, 9.17) is 16.0 Å². The summed E-state index contributed by atoms with van der Waals surface area (Å²) < 4.78 is 7.22. The van der Waals surface area contributed by atoms with Gasteiger partial charge in [-0.25, -0.2) is 4.98 Å². The van der Waals surface area contributed by atoms with Gasteiger partial charge in [0, 0.05) is 6.54 Å². The summed E-state index contributed by atoms with van der Waals surface area (Å²) in [7, 11) is 0. The fourth-order valence-corrected chi connectivity index (χ4v) is 1.73. The van der Waals surface area contributed by atoms with Crippen molar-refractivity contribution in [3.05, 3.63) is 23.8 Å². The maximum absolute atomic E-state index is 5.77. The van der Waals surface area contributed by atoms with Crippen molar-refractivity contribution in [2.24, 2.45) is 0 Å². The predicted molar refractivity (Wildman–Crippen MR) is 57.7 cm³/mol. The molecule has 0 fully saturated rings. The minimum Gasteiger partial charge on any atom is -0.442 e. The number of hydrogen-bond acceptors (Lipinski definition) is 3. The maximum Gasteiger partial charge on any atom is 0.181 e. The SMILES string of the molecule is CCn1nc(C)cc1-c1ocnc1CCl. The van der Waals surface area contributed by atoms with Gasteiger partial charge in [0.25, 0.3) is 0 Å². The van der Waals surface area contributed by atoms with E-state index < -0.39 is 0 Å². The summed E-state index contributed by atoms with van der Waals surface area (Å²) in [5, 5.41) is 4.35. The van der Waals surface area contributed by atoms with E-state index in [1.807, 2.05) is 24.6 Å². The van der Waals surface area contributed by atoms with Gasteiger partial charge in [0.1, 0.15) is 11.4 Å². The third-order valence-corrected chi connectivity index (χ3v) is 2.46. The normalized spacial score (nSPS) is 10.9. The van der Waals surface area contributed by atoms with E-state index in [9.17, 15) is 0 Å². The highest BCUT2D eigenvalue weighted by molar-refractivity contribution is 6.17. The van der Waals surface area contributed by atoms with Gasteiger partial charge in [-0.15, -0.1) is 11.6 Å². The topological polar surface area (TPSA) is 43.9 Å². The zero-order valence-electron chi connectivity index (χ0n) is 8.70. The molecule has 15 heavy (non-hydrogen) atoms. The molecule has 2 heterocycles. The van der Waals surface area contributed by atoms with Crippen LogP contribution < -0.4 is 0 Å². The van der Waals surface area contributed by atoms with Crippen molar-refractivity contribution in [1.82, 2.24) is 14.8 Å². The number of halogens is 1. The van der Waals surface area contributed by atoms with E-state index in [0.717, 1.165) is 23.6 Å². The summed E-state index contributed by atoms with van der Waals surface area (Å²) in [5.74, 6) is 1.06. The summed E-state index contributed by atoms with van der Waals surface area (Å²) in [6, 6.07) is 1.97. The number of aromatic nitrogens is 3. The summed E-state index contributed by atoms with van der Waals surface area (Å²) in [4.78, 5) is 4.06. The Morgan fingerprint density at radius 3 is 3.00 bits per heavy atom. The van der Waals surface area contributed by atoms with Crippen molar-refractivity contribution < 1.29 is 4.42 Å². The Balaban J connectivity index is 2.52. The lowest BCUT2D eigenvalue weighted by Crippen LogP contribution is -1.99. The molecule has 0 unspecified atom stereocenters. The van der Waals surface area contributed by atoms with Crippen LogP contribution >= 0.6 is 11.6 Å². The quantitative estimate of drug-likeness (QED) is 0.755. The molecule has 0 aromatic carbocycles. The maximum atomic E-state index is 5.77. The first-order valence-corrected chi connectivity index (χ1v) is 5.32. The standard InChI is InChI=1S/C10H12ClN3O/c1-3-14-9(4-7(2)13-14)10-8(5-11)12-6-15-10/h4,6H,3,5H2,1-2H3. The van der Waals surface area contributed by atoms with Crippen molar-refractivity contribution in [3.8, 4) is 11.5 Å². The van der Waals surface area contributed by atoms with Gasteiger partial charge in [0.05, 0.1) is 11.6 Å². The smallest absolute Gasteiger partial charge is 0.181 e. The Labute approximate surface area is 92.9 Å². The minimum absolute atomic E-state index is 0.347. The highest BCUT2D eigenvalue weighted by Crippen LogP contribution is 2.24. The molecule has 0 saturated heterocycles. The predicted octanol–water partition coefficient (Wildman–Crippen LogP) is 2.61. The molecule has 2 aromatic heterocycles. The van der Waals surface area contributed by atoms with E-state index in [1.54, 1.807) is 0 Å². The first-order chi connectivity index (χ1) is 7.26. The average molecular weight is 226 g/mol. The van der Waals surface area contributed by atoms with Gasteiger partial charge in [-0.05, 0) is 19.9 Å². The molecule has 5 heteroatoms. The van der Waals surface area contributed by atoms with Crippen molar-refractivity contribution in [2.45, 2.75) is 26.3 Å². The largest absolute Gasteiger partial charge is 0.442 e. The third-order valence-electron chi connectivity index (χ3n) is 2.20. The second-order valence-corrected chi connectivity index (χ2v) is 3.52. The van der Waals surface area contributed by atoms with E-state index in [1.165, 1.54) is 6.39 Å². The lowest BCUT2D eigenvalue weighted by atomic mass is 10.2. The van der Waals surface area contributed by atoms with Crippen LogP contribution in [0.2, 0.25) is 0 Å². The number of hydrogen-bond donors (Lipinski definition) is 0. The Hall–Kier alpha value is -1.29. The van der Waals surface area contributed by atoms with Gasteiger partial charge in [0.15, 0.2) is 12.2 Å². The fourth-order valence-electron chi connectivity index (χ4n) is 1.54. The van der Waals surface area contributed by atoms with Gasteiger partial charge in [-0.2, -0.15) is 5.10 Å². The molecule has 4 nitrogen and oxygen atoms in total. The van der Waals surface area contributed by atoms with Crippen LogP contribution in [0, 0.1) is 6.92 Å². The second kappa shape index (κ2) is 4.06. The summed E-state index contributed by atoms with van der Waals surface area (Å²) >= 11 is 5.77. The van der Waals surface area contributed by atoms with Gasteiger partial charge in [0.2, 0.25) is 0 Å². The molecule has 0 spiro atoms. The average Bonchev–Trinajstić information content (AvgIpc) is 2.82. The number of alkyl halides is 1. The third kappa shape index (κ3) is 1.77. The summed E-state index contributed by atoms with van der Waals surface area (Å²) in [6.45, 7) is 4.78. The molecule has 0 aliphatic heterocycles. The van der Waals surface area contributed by atoms with E-state index in [0.29, 0.717) is 11.6 Å². The molecule has 0 saturated carbocycles. The number of aryl methyl sites for hydroxylation is 2. The monoisotopic (exact) mass is 225 g/mol. The summed E-state index contributed by atoms with van der Waals surface area (Å²) in [6.07, 6.45) is 1.41. The molecular formula is C10H12ClN3O. The Morgan fingerprint density at radius 2 is 2.33 bits per heavy atom. The molecule has 0 bridgehead atoms. The molecular weight excluding hydrogens is 214 g/mol. The second-order valence-electron chi connectivity index (χ2n) is 3.25. The van der Waals surface area contributed by atoms with Crippen LogP contribution in [0.4, 0.5) is 0 Å². The van der Waals surface area contributed by atoms with Crippen LogP contribution in [0.1, 0.15) is 18.3 Å². The highest BCUT2D eigenvalue weighted by Gasteiger charge is 2.15. The van der Waals surface area contributed by atoms with Crippen LogP contribution in [0.25, 0.3) is 11.5 Å². The molecule has 0 aliphatic carbocycles. The fraction of sp³-hybridized carbons (Fsp3) is 0.400. The minimum atomic E-state index is 0.347. The van der Waals surface area contributed by atoms with Crippen LogP contribution in [-0.2, 0) is 12.4 Å². The number of oxazole rings is 1. The van der Waals surface area contributed by atoms with Crippen LogP contribution in [0.15, 0.2) is 16.9 Å².